The third kappa shape index (κ3) is 2.46. The van der Waals surface area contributed by atoms with Gasteiger partial charge in [0.25, 0.3) is 0 Å². The first-order chi connectivity index (χ1) is 6.56. The van der Waals surface area contributed by atoms with Crippen LogP contribution in [0.3, 0.4) is 0 Å². The minimum absolute atomic E-state index is 0.192. The van der Waals surface area contributed by atoms with E-state index < -0.39 is 0 Å². The molecular formula is C11H15ClFN. The van der Waals surface area contributed by atoms with E-state index in [0.29, 0.717) is 12.0 Å². The maximum atomic E-state index is 12.9. The van der Waals surface area contributed by atoms with Crippen LogP contribution in [0, 0.1) is 5.82 Å². The molecule has 14 heavy (non-hydrogen) atoms. The third-order valence-electron chi connectivity index (χ3n) is 2.67. The predicted molar refractivity (Wildman–Crippen MR) is 58.3 cm³/mol. The molecule has 0 heterocycles. The zero-order valence-electron chi connectivity index (χ0n) is 8.64. The lowest BCUT2D eigenvalue weighted by atomic mass is 9.94. The number of rotatable bonds is 3. The van der Waals surface area contributed by atoms with Crippen molar-refractivity contribution in [3.05, 3.63) is 34.6 Å². The van der Waals surface area contributed by atoms with Crippen molar-refractivity contribution < 1.29 is 4.39 Å². The zero-order chi connectivity index (χ0) is 10.7. The monoisotopic (exact) mass is 215 g/mol. The molecule has 1 N–H and O–H groups in total. The number of likely N-dealkylation sites (N-methyl/N-ethyl adjacent to an activating group) is 1. The zero-order valence-corrected chi connectivity index (χ0v) is 9.40. The van der Waals surface area contributed by atoms with E-state index >= 15 is 0 Å². The maximum Gasteiger partial charge on any atom is 0.141 e. The molecule has 1 rings (SSSR count). The predicted octanol–water partition coefficient (Wildman–Crippen LogP) is 3.19. The molecule has 1 nitrogen and oxygen atoms in total. The van der Waals surface area contributed by atoms with Crippen LogP contribution >= 0.6 is 11.6 Å². The number of halogens is 2. The third-order valence-corrected chi connectivity index (χ3v) is 2.96. The number of benzene rings is 1. The molecule has 3 heteroatoms. The van der Waals surface area contributed by atoms with E-state index in [0.717, 1.165) is 5.56 Å². The summed E-state index contributed by atoms with van der Waals surface area (Å²) in [5.41, 5.74) is 1.05. The van der Waals surface area contributed by atoms with Gasteiger partial charge in [-0.05, 0) is 37.6 Å². The maximum absolute atomic E-state index is 12.9. The van der Waals surface area contributed by atoms with E-state index in [-0.39, 0.29) is 10.8 Å². The molecule has 0 spiro atoms. The van der Waals surface area contributed by atoms with Crippen molar-refractivity contribution in [3.63, 3.8) is 0 Å². The van der Waals surface area contributed by atoms with Gasteiger partial charge in [0.15, 0.2) is 0 Å². The van der Waals surface area contributed by atoms with Crippen LogP contribution in [-0.4, -0.2) is 13.1 Å². The van der Waals surface area contributed by atoms with Crippen LogP contribution in [0.15, 0.2) is 18.2 Å². The van der Waals surface area contributed by atoms with Gasteiger partial charge in [0, 0.05) is 6.04 Å². The fraction of sp³-hybridized carbons (Fsp3) is 0.455. The molecule has 0 aromatic heterocycles. The van der Waals surface area contributed by atoms with Crippen LogP contribution in [-0.2, 0) is 0 Å². The Morgan fingerprint density at radius 1 is 1.36 bits per heavy atom. The molecule has 78 valence electrons. The topological polar surface area (TPSA) is 12.0 Å². The summed E-state index contributed by atoms with van der Waals surface area (Å²) in [5, 5.41) is 3.35. The van der Waals surface area contributed by atoms with Gasteiger partial charge in [0.1, 0.15) is 5.82 Å². The Kier molecular flexibility index (Phi) is 3.90. The van der Waals surface area contributed by atoms with Gasteiger partial charge in [0.05, 0.1) is 5.02 Å². The highest BCUT2D eigenvalue weighted by atomic mass is 35.5. The Balaban J connectivity index is 2.91. The van der Waals surface area contributed by atoms with Gasteiger partial charge >= 0.3 is 0 Å². The lowest BCUT2D eigenvalue weighted by molar-refractivity contribution is 0.523. The van der Waals surface area contributed by atoms with Crippen LogP contribution in [0.2, 0.25) is 5.02 Å². The molecule has 0 amide bonds. The van der Waals surface area contributed by atoms with E-state index in [1.165, 1.54) is 6.07 Å². The van der Waals surface area contributed by atoms with E-state index in [1.54, 1.807) is 12.1 Å². The summed E-state index contributed by atoms with van der Waals surface area (Å²) in [4.78, 5) is 0. The summed E-state index contributed by atoms with van der Waals surface area (Å²) in [6.07, 6.45) is 0. The lowest BCUT2D eigenvalue weighted by Crippen LogP contribution is -2.27. The molecule has 0 bridgehead atoms. The van der Waals surface area contributed by atoms with Crippen molar-refractivity contribution >= 4 is 11.6 Å². The summed E-state index contributed by atoms with van der Waals surface area (Å²) >= 11 is 5.71. The first kappa shape index (κ1) is 11.5. The Morgan fingerprint density at radius 3 is 2.50 bits per heavy atom. The molecule has 0 saturated heterocycles. The van der Waals surface area contributed by atoms with Gasteiger partial charge in [0.2, 0.25) is 0 Å². The van der Waals surface area contributed by atoms with Gasteiger partial charge in [-0.25, -0.2) is 4.39 Å². The second-order valence-corrected chi connectivity index (χ2v) is 3.95. The highest BCUT2D eigenvalue weighted by Gasteiger charge is 2.13. The smallest absolute Gasteiger partial charge is 0.141 e. The van der Waals surface area contributed by atoms with Crippen molar-refractivity contribution in [1.29, 1.82) is 0 Å². The minimum atomic E-state index is -0.361. The SMILES string of the molecule is CNC(C)C(C)c1ccc(F)c(Cl)c1. The Labute approximate surface area is 89.3 Å². The molecule has 1 aromatic rings. The molecular weight excluding hydrogens is 201 g/mol. The van der Waals surface area contributed by atoms with Gasteiger partial charge in [-0.1, -0.05) is 24.6 Å². The molecule has 0 aliphatic carbocycles. The molecule has 1 aromatic carbocycles. The lowest BCUT2D eigenvalue weighted by Gasteiger charge is -2.19. The highest BCUT2D eigenvalue weighted by Crippen LogP contribution is 2.24. The standard InChI is InChI=1S/C11H15ClFN/c1-7(8(2)14-3)9-4-5-11(13)10(12)6-9/h4-8,14H,1-3H3. The van der Waals surface area contributed by atoms with E-state index in [2.05, 4.69) is 19.2 Å². The molecule has 0 aliphatic heterocycles. The van der Waals surface area contributed by atoms with E-state index in [4.69, 9.17) is 11.6 Å². The van der Waals surface area contributed by atoms with Gasteiger partial charge in [-0.2, -0.15) is 0 Å². The number of nitrogens with one attached hydrogen (secondary N) is 1. The average molecular weight is 216 g/mol. The second kappa shape index (κ2) is 4.76. The second-order valence-electron chi connectivity index (χ2n) is 3.54. The normalized spacial score (nSPS) is 15.2. The van der Waals surface area contributed by atoms with Crippen LogP contribution in [0.25, 0.3) is 0 Å². The number of hydrogen-bond acceptors (Lipinski definition) is 1. The van der Waals surface area contributed by atoms with Crippen molar-refractivity contribution in [2.24, 2.45) is 0 Å². The van der Waals surface area contributed by atoms with Crippen LogP contribution < -0.4 is 5.32 Å². The molecule has 2 unspecified atom stereocenters. The summed E-state index contributed by atoms with van der Waals surface area (Å²) in [6.45, 7) is 4.17. The Hall–Kier alpha value is -0.600. The molecule has 0 radical (unpaired) electrons. The fourth-order valence-electron chi connectivity index (χ4n) is 1.33. The summed E-state index contributed by atoms with van der Waals surface area (Å²) in [7, 11) is 1.91. The fourth-order valence-corrected chi connectivity index (χ4v) is 1.52. The summed E-state index contributed by atoms with van der Waals surface area (Å²) < 4.78 is 12.9. The first-order valence-electron chi connectivity index (χ1n) is 4.68. The van der Waals surface area contributed by atoms with Crippen molar-refractivity contribution in [2.45, 2.75) is 25.8 Å². The van der Waals surface area contributed by atoms with Crippen molar-refractivity contribution in [1.82, 2.24) is 5.32 Å². The first-order valence-corrected chi connectivity index (χ1v) is 5.06. The van der Waals surface area contributed by atoms with E-state index in [9.17, 15) is 4.39 Å². The van der Waals surface area contributed by atoms with Gasteiger partial charge in [-0.3, -0.25) is 0 Å². The Morgan fingerprint density at radius 2 is 2.00 bits per heavy atom. The van der Waals surface area contributed by atoms with Crippen LogP contribution in [0.1, 0.15) is 25.3 Å². The minimum Gasteiger partial charge on any atom is -0.317 e. The average Bonchev–Trinajstić information content (AvgIpc) is 2.20. The largest absolute Gasteiger partial charge is 0.317 e. The molecule has 2 atom stereocenters. The Bertz CT molecular complexity index is 314. The highest BCUT2D eigenvalue weighted by molar-refractivity contribution is 6.30. The van der Waals surface area contributed by atoms with Crippen molar-refractivity contribution in [3.8, 4) is 0 Å². The quantitative estimate of drug-likeness (QED) is 0.817. The van der Waals surface area contributed by atoms with E-state index in [1.807, 2.05) is 7.05 Å². The van der Waals surface area contributed by atoms with Crippen molar-refractivity contribution in [2.75, 3.05) is 7.05 Å². The number of hydrogen-bond donors (Lipinski definition) is 1. The van der Waals surface area contributed by atoms with Gasteiger partial charge in [-0.15, -0.1) is 0 Å². The molecule has 0 fully saturated rings. The summed E-state index contributed by atoms with van der Waals surface area (Å²) in [5.74, 6) is -0.0437. The van der Waals surface area contributed by atoms with Crippen LogP contribution in [0.4, 0.5) is 4.39 Å². The van der Waals surface area contributed by atoms with Crippen LogP contribution in [0.5, 0.6) is 0 Å². The molecule has 0 saturated carbocycles. The molecule has 0 aliphatic rings. The van der Waals surface area contributed by atoms with Gasteiger partial charge < -0.3 is 5.32 Å². The summed E-state index contributed by atoms with van der Waals surface area (Å²) in [6, 6.07) is 5.22.